The number of para-hydroxylation sites is 1. The third-order valence-corrected chi connectivity index (χ3v) is 6.79. The van der Waals surface area contributed by atoms with E-state index in [1.807, 2.05) is 25.1 Å². The van der Waals surface area contributed by atoms with Gasteiger partial charge in [0.05, 0.1) is 17.7 Å². The molecule has 0 spiro atoms. The Morgan fingerprint density at radius 1 is 1.10 bits per heavy atom. The molecule has 2 aromatic carbocycles. The Balaban J connectivity index is 1.80. The van der Waals surface area contributed by atoms with Crippen molar-refractivity contribution < 1.29 is 22.7 Å². The molecule has 0 bridgehead atoms. The maximum absolute atomic E-state index is 12.8. The molecule has 0 radical (unpaired) electrons. The summed E-state index contributed by atoms with van der Waals surface area (Å²) in [6.07, 6.45) is 0.930. The zero-order valence-corrected chi connectivity index (χ0v) is 17.7. The summed E-state index contributed by atoms with van der Waals surface area (Å²) in [6, 6.07) is 11.9. The molecule has 3 rings (SSSR count). The molecule has 1 atom stereocenters. The summed E-state index contributed by atoms with van der Waals surface area (Å²) in [4.78, 5) is 12.8. The van der Waals surface area contributed by atoms with Gasteiger partial charge in [-0.25, -0.2) is 8.42 Å². The second-order valence-electron chi connectivity index (χ2n) is 6.99. The van der Waals surface area contributed by atoms with Crippen molar-refractivity contribution in [2.75, 3.05) is 25.5 Å². The van der Waals surface area contributed by atoms with Crippen molar-refractivity contribution in [3.8, 4) is 11.5 Å². The highest BCUT2D eigenvalue weighted by atomic mass is 32.2. The third-order valence-electron chi connectivity index (χ3n) is 4.90. The van der Waals surface area contributed by atoms with Gasteiger partial charge in [-0.2, -0.15) is 4.31 Å². The fraction of sp³-hybridized carbons (Fsp3) is 0.381. The van der Waals surface area contributed by atoms with Gasteiger partial charge < -0.3 is 14.8 Å². The number of carbonyl (C=O) groups is 1. The predicted molar refractivity (Wildman–Crippen MR) is 111 cm³/mol. The van der Waals surface area contributed by atoms with Crippen LogP contribution in [0.5, 0.6) is 11.5 Å². The molecule has 8 heteroatoms. The molecule has 1 amide bonds. The van der Waals surface area contributed by atoms with Crippen LogP contribution in [0, 0.1) is 6.92 Å². The van der Waals surface area contributed by atoms with Crippen molar-refractivity contribution >= 4 is 21.6 Å². The van der Waals surface area contributed by atoms with E-state index in [2.05, 4.69) is 5.32 Å². The first-order valence-corrected chi connectivity index (χ1v) is 11.0. The van der Waals surface area contributed by atoms with E-state index in [1.165, 1.54) is 23.5 Å². The molecule has 0 aromatic heterocycles. The van der Waals surface area contributed by atoms with Crippen LogP contribution >= 0.6 is 0 Å². The van der Waals surface area contributed by atoms with Gasteiger partial charge in [-0.1, -0.05) is 18.2 Å². The molecule has 0 saturated carbocycles. The van der Waals surface area contributed by atoms with Gasteiger partial charge in [0.25, 0.3) is 5.91 Å². The summed E-state index contributed by atoms with van der Waals surface area (Å²) < 4.78 is 38.2. The number of aryl methyl sites for hydroxylation is 1. The summed E-state index contributed by atoms with van der Waals surface area (Å²) in [7, 11) is -2.14. The number of anilines is 1. The van der Waals surface area contributed by atoms with E-state index < -0.39 is 22.0 Å². The van der Waals surface area contributed by atoms with Gasteiger partial charge in [0, 0.05) is 13.1 Å². The van der Waals surface area contributed by atoms with Crippen molar-refractivity contribution in [1.29, 1.82) is 0 Å². The molecule has 0 aliphatic carbocycles. The first kappa shape index (κ1) is 21.1. The first-order valence-electron chi connectivity index (χ1n) is 9.54. The number of methoxy groups -OCH3 is 1. The standard InChI is InChI=1S/C21H26N2O5S/c1-15-8-4-5-9-19(15)28-16(2)21(24)22-18-14-17(10-11-20(18)27-3)29(25,26)23-12-6-7-13-23/h4-5,8-11,14,16H,6-7,12-13H2,1-3H3,(H,22,24)/t16-/m1/s1. The van der Waals surface area contributed by atoms with Crippen molar-refractivity contribution in [3.63, 3.8) is 0 Å². The van der Waals surface area contributed by atoms with E-state index >= 15 is 0 Å². The molecule has 1 saturated heterocycles. The minimum atomic E-state index is -3.60. The zero-order chi connectivity index (χ0) is 21.0. The fourth-order valence-electron chi connectivity index (χ4n) is 3.19. The Hall–Kier alpha value is -2.58. The maximum atomic E-state index is 12.8. The molecule has 1 aliphatic heterocycles. The lowest BCUT2D eigenvalue weighted by Gasteiger charge is -2.19. The smallest absolute Gasteiger partial charge is 0.265 e. The quantitative estimate of drug-likeness (QED) is 0.746. The minimum Gasteiger partial charge on any atom is -0.495 e. The van der Waals surface area contributed by atoms with E-state index in [-0.39, 0.29) is 10.6 Å². The van der Waals surface area contributed by atoms with Gasteiger partial charge in [-0.15, -0.1) is 0 Å². The minimum absolute atomic E-state index is 0.128. The summed E-state index contributed by atoms with van der Waals surface area (Å²) >= 11 is 0. The van der Waals surface area contributed by atoms with Crippen molar-refractivity contribution in [1.82, 2.24) is 4.31 Å². The van der Waals surface area contributed by atoms with Gasteiger partial charge in [-0.05, 0) is 56.5 Å². The Morgan fingerprint density at radius 3 is 2.45 bits per heavy atom. The monoisotopic (exact) mass is 418 g/mol. The molecular weight excluding hydrogens is 392 g/mol. The molecule has 2 aromatic rings. The van der Waals surface area contributed by atoms with Crippen LogP contribution in [0.25, 0.3) is 0 Å². The number of rotatable bonds is 7. The van der Waals surface area contributed by atoms with E-state index in [1.54, 1.807) is 19.1 Å². The molecule has 156 valence electrons. The van der Waals surface area contributed by atoms with Gasteiger partial charge in [0.2, 0.25) is 10.0 Å². The van der Waals surface area contributed by atoms with Gasteiger partial charge in [0.1, 0.15) is 11.5 Å². The molecule has 1 fully saturated rings. The van der Waals surface area contributed by atoms with Crippen molar-refractivity contribution in [3.05, 3.63) is 48.0 Å². The zero-order valence-electron chi connectivity index (χ0n) is 16.8. The number of nitrogens with one attached hydrogen (secondary N) is 1. The molecule has 1 heterocycles. The summed E-state index contributed by atoms with van der Waals surface area (Å²) in [6.45, 7) is 4.56. The van der Waals surface area contributed by atoms with Crippen molar-refractivity contribution in [2.24, 2.45) is 0 Å². The van der Waals surface area contributed by atoms with E-state index in [0.717, 1.165) is 18.4 Å². The van der Waals surface area contributed by atoms with Crippen LogP contribution in [0.15, 0.2) is 47.4 Å². The van der Waals surface area contributed by atoms with Gasteiger partial charge in [-0.3, -0.25) is 4.79 Å². The summed E-state index contributed by atoms with van der Waals surface area (Å²) in [5, 5.41) is 2.73. The number of ether oxygens (including phenoxy) is 2. The number of hydrogen-bond acceptors (Lipinski definition) is 5. The number of hydrogen-bond donors (Lipinski definition) is 1. The predicted octanol–water partition coefficient (Wildman–Crippen LogP) is 3.19. The largest absolute Gasteiger partial charge is 0.495 e. The van der Waals surface area contributed by atoms with Crippen LogP contribution in [0.1, 0.15) is 25.3 Å². The van der Waals surface area contributed by atoms with Gasteiger partial charge in [0.15, 0.2) is 6.10 Å². The van der Waals surface area contributed by atoms with Crippen LogP contribution in [0.4, 0.5) is 5.69 Å². The van der Waals surface area contributed by atoms with Crippen LogP contribution in [0.3, 0.4) is 0 Å². The topological polar surface area (TPSA) is 84.9 Å². The Bertz CT molecular complexity index is 984. The number of amides is 1. The number of sulfonamides is 1. The Kier molecular flexibility index (Phi) is 6.44. The second kappa shape index (κ2) is 8.84. The highest BCUT2D eigenvalue weighted by molar-refractivity contribution is 7.89. The fourth-order valence-corrected chi connectivity index (χ4v) is 4.73. The second-order valence-corrected chi connectivity index (χ2v) is 8.93. The first-order chi connectivity index (χ1) is 13.8. The van der Waals surface area contributed by atoms with Crippen LogP contribution < -0.4 is 14.8 Å². The van der Waals surface area contributed by atoms with E-state index in [4.69, 9.17) is 9.47 Å². The molecule has 29 heavy (non-hydrogen) atoms. The molecular formula is C21H26N2O5S. The third kappa shape index (κ3) is 4.71. The van der Waals surface area contributed by atoms with E-state index in [9.17, 15) is 13.2 Å². The van der Waals surface area contributed by atoms with Crippen LogP contribution in [0.2, 0.25) is 0 Å². The highest BCUT2D eigenvalue weighted by Crippen LogP contribution is 2.30. The van der Waals surface area contributed by atoms with E-state index in [0.29, 0.717) is 24.6 Å². The van der Waals surface area contributed by atoms with Gasteiger partial charge >= 0.3 is 0 Å². The van der Waals surface area contributed by atoms with Crippen LogP contribution in [-0.4, -0.2) is 44.9 Å². The number of benzene rings is 2. The Labute approximate surface area is 171 Å². The van der Waals surface area contributed by atoms with Crippen LogP contribution in [-0.2, 0) is 14.8 Å². The normalized spacial score (nSPS) is 15.7. The molecule has 1 N–H and O–H groups in total. The SMILES string of the molecule is COc1ccc(S(=O)(=O)N2CCCC2)cc1NC(=O)[C@@H](C)Oc1ccccc1C. The maximum Gasteiger partial charge on any atom is 0.265 e. The lowest BCUT2D eigenvalue weighted by Crippen LogP contribution is -2.31. The number of nitrogens with zero attached hydrogens (tertiary/aromatic N) is 1. The molecule has 7 nitrogen and oxygen atoms in total. The highest BCUT2D eigenvalue weighted by Gasteiger charge is 2.28. The van der Waals surface area contributed by atoms with Crippen molar-refractivity contribution in [2.45, 2.75) is 37.7 Å². The average Bonchev–Trinajstić information content (AvgIpc) is 3.25. The lowest BCUT2D eigenvalue weighted by atomic mass is 10.2. The summed E-state index contributed by atoms with van der Waals surface area (Å²) in [5.74, 6) is 0.594. The number of carbonyl (C=O) groups excluding carboxylic acids is 1. The lowest BCUT2D eigenvalue weighted by molar-refractivity contribution is -0.122. The molecule has 1 aliphatic rings. The summed E-state index contributed by atoms with van der Waals surface area (Å²) in [5.41, 5.74) is 1.21. The average molecular weight is 419 g/mol. The molecule has 0 unspecified atom stereocenters. The Morgan fingerprint density at radius 2 is 1.79 bits per heavy atom.